The number of benzene rings is 1. The van der Waals surface area contributed by atoms with Gasteiger partial charge in [0.2, 0.25) is 0 Å². The zero-order valence-corrected chi connectivity index (χ0v) is 14.7. The monoisotopic (exact) mass is 366 g/mol. The Balaban J connectivity index is 1.59. The maximum atomic E-state index is 12.7. The third kappa shape index (κ3) is 3.40. The van der Waals surface area contributed by atoms with Crippen LogP contribution < -0.4 is 5.32 Å². The number of hydrogen-bond acceptors (Lipinski definition) is 5. The fourth-order valence-corrected chi connectivity index (χ4v) is 4.02. The van der Waals surface area contributed by atoms with E-state index in [1.165, 1.54) is 0 Å². The maximum absolute atomic E-state index is 12.7. The Labute approximate surface area is 152 Å². The van der Waals surface area contributed by atoms with Gasteiger partial charge in [-0.05, 0) is 28.5 Å². The van der Waals surface area contributed by atoms with Crippen molar-refractivity contribution < 1.29 is 9.32 Å². The number of carbonyl (C=O) groups excluding carboxylic acids is 1. The molecule has 0 radical (unpaired) electrons. The maximum Gasteiger partial charge on any atom is 0.274 e. The van der Waals surface area contributed by atoms with E-state index in [1.54, 1.807) is 28.7 Å². The van der Waals surface area contributed by atoms with Gasteiger partial charge in [-0.25, -0.2) is 0 Å². The van der Waals surface area contributed by atoms with Crippen LogP contribution in [0.15, 0.2) is 75.9 Å². The summed E-state index contributed by atoms with van der Waals surface area (Å²) in [5.41, 5.74) is 1.31. The summed E-state index contributed by atoms with van der Waals surface area (Å²) >= 11 is 3.16. The molecule has 124 valence electrons. The fourth-order valence-electron chi connectivity index (χ4n) is 2.54. The van der Waals surface area contributed by atoms with Crippen LogP contribution in [0, 0.1) is 0 Å². The molecule has 25 heavy (non-hydrogen) atoms. The normalized spacial score (nSPS) is 12.0. The molecule has 6 heteroatoms. The first-order valence-electron chi connectivity index (χ1n) is 7.71. The van der Waals surface area contributed by atoms with Crippen LogP contribution in [0.1, 0.15) is 27.0 Å². The van der Waals surface area contributed by atoms with Gasteiger partial charge in [-0.2, -0.15) is 0 Å². The van der Waals surface area contributed by atoms with Crippen molar-refractivity contribution in [2.24, 2.45) is 0 Å². The predicted octanol–water partition coefficient (Wildman–Crippen LogP) is 4.98. The Bertz CT molecular complexity index is 945. The van der Waals surface area contributed by atoms with E-state index in [-0.39, 0.29) is 17.6 Å². The van der Waals surface area contributed by atoms with E-state index in [0.29, 0.717) is 5.76 Å². The van der Waals surface area contributed by atoms with Crippen LogP contribution in [0.5, 0.6) is 0 Å². The number of carbonyl (C=O) groups is 1. The number of amides is 1. The molecule has 3 aromatic heterocycles. The molecule has 1 N–H and O–H groups in total. The molecule has 1 amide bonds. The van der Waals surface area contributed by atoms with Crippen molar-refractivity contribution in [3.8, 4) is 10.6 Å². The zero-order valence-electron chi connectivity index (χ0n) is 13.1. The summed E-state index contributed by atoms with van der Waals surface area (Å²) in [5, 5.41) is 10.9. The minimum absolute atomic E-state index is 0.212. The van der Waals surface area contributed by atoms with Gasteiger partial charge in [0, 0.05) is 10.9 Å². The van der Waals surface area contributed by atoms with Crippen molar-refractivity contribution >= 4 is 28.6 Å². The summed E-state index contributed by atoms with van der Waals surface area (Å²) in [6.45, 7) is 0. The summed E-state index contributed by atoms with van der Waals surface area (Å²) < 4.78 is 5.31. The van der Waals surface area contributed by atoms with Crippen LogP contribution in [0.3, 0.4) is 0 Å². The first-order chi connectivity index (χ1) is 12.3. The van der Waals surface area contributed by atoms with Crippen LogP contribution in [-0.2, 0) is 0 Å². The molecule has 1 atom stereocenters. The summed E-state index contributed by atoms with van der Waals surface area (Å²) in [6.07, 6.45) is 0. The van der Waals surface area contributed by atoms with Gasteiger partial charge in [-0.15, -0.1) is 22.7 Å². The first-order valence-corrected chi connectivity index (χ1v) is 9.47. The number of thiophene rings is 2. The van der Waals surface area contributed by atoms with E-state index in [1.807, 2.05) is 65.4 Å². The van der Waals surface area contributed by atoms with Crippen molar-refractivity contribution in [1.82, 2.24) is 10.5 Å². The van der Waals surface area contributed by atoms with Crippen molar-refractivity contribution in [1.29, 1.82) is 0 Å². The first kappa shape index (κ1) is 15.8. The molecular weight excluding hydrogens is 352 g/mol. The number of hydrogen-bond donors (Lipinski definition) is 1. The Morgan fingerprint density at radius 3 is 2.52 bits per heavy atom. The van der Waals surface area contributed by atoms with Gasteiger partial charge in [-0.3, -0.25) is 4.79 Å². The van der Waals surface area contributed by atoms with Crippen LogP contribution >= 0.6 is 22.7 Å². The third-order valence-electron chi connectivity index (χ3n) is 3.74. The van der Waals surface area contributed by atoms with Gasteiger partial charge in [-0.1, -0.05) is 47.6 Å². The third-order valence-corrected chi connectivity index (χ3v) is 5.56. The highest BCUT2D eigenvalue weighted by Crippen LogP contribution is 2.28. The average Bonchev–Trinajstić information content (AvgIpc) is 3.42. The van der Waals surface area contributed by atoms with Crippen LogP contribution in [-0.4, -0.2) is 11.1 Å². The number of nitrogens with zero attached hydrogens (tertiary/aromatic N) is 1. The second kappa shape index (κ2) is 7.04. The van der Waals surface area contributed by atoms with E-state index < -0.39 is 0 Å². The highest BCUT2D eigenvalue weighted by Gasteiger charge is 2.21. The highest BCUT2D eigenvalue weighted by atomic mass is 32.1. The summed E-state index contributed by atoms with van der Waals surface area (Å²) in [5.74, 6) is 0.348. The van der Waals surface area contributed by atoms with Crippen LogP contribution in [0.4, 0.5) is 0 Å². The van der Waals surface area contributed by atoms with Crippen LogP contribution in [0.2, 0.25) is 0 Å². The van der Waals surface area contributed by atoms with E-state index in [9.17, 15) is 4.79 Å². The van der Waals surface area contributed by atoms with Gasteiger partial charge in [0.1, 0.15) is 0 Å². The Morgan fingerprint density at radius 2 is 1.80 bits per heavy atom. The number of rotatable bonds is 5. The molecule has 1 aromatic carbocycles. The minimum Gasteiger partial charge on any atom is -0.355 e. The molecule has 0 bridgehead atoms. The Kier molecular flexibility index (Phi) is 4.45. The van der Waals surface area contributed by atoms with E-state index in [0.717, 1.165) is 15.3 Å². The molecule has 0 spiro atoms. The van der Waals surface area contributed by atoms with Gasteiger partial charge < -0.3 is 9.84 Å². The number of nitrogens with one attached hydrogen (secondary N) is 1. The molecule has 4 aromatic rings. The Morgan fingerprint density at radius 1 is 1.00 bits per heavy atom. The summed E-state index contributed by atoms with van der Waals surface area (Å²) in [6, 6.07) is 19.2. The second-order valence-electron chi connectivity index (χ2n) is 5.39. The van der Waals surface area contributed by atoms with Crippen molar-refractivity contribution in [3.63, 3.8) is 0 Å². The lowest BCUT2D eigenvalue weighted by molar-refractivity contribution is 0.0934. The molecule has 1 unspecified atom stereocenters. The summed E-state index contributed by atoms with van der Waals surface area (Å²) in [4.78, 5) is 14.7. The summed E-state index contributed by atoms with van der Waals surface area (Å²) in [7, 11) is 0. The molecule has 0 aliphatic rings. The minimum atomic E-state index is -0.256. The van der Waals surface area contributed by atoms with E-state index in [4.69, 9.17) is 4.52 Å². The van der Waals surface area contributed by atoms with Gasteiger partial charge in [0.05, 0.1) is 10.9 Å². The molecule has 0 fully saturated rings. The van der Waals surface area contributed by atoms with E-state index >= 15 is 0 Å². The molecule has 4 rings (SSSR count). The standard InChI is InChI=1S/C19H14N2O2S2/c22-19(14-12-15(23-21-14)16-8-4-10-24-16)20-18(17-9-5-11-25-17)13-6-2-1-3-7-13/h1-12,18H,(H,20,22). The van der Waals surface area contributed by atoms with Crippen molar-refractivity contribution in [3.05, 3.63) is 87.6 Å². The highest BCUT2D eigenvalue weighted by molar-refractivity contribution is 7.13. The topological polar surface area (TPSA) is 55.1 Å². The quantitative estimate of drug-likeness (QED) is 0.542. The molecule has 0 saturated heterocycles. The van der Waals surface area contributed by atoms with Gasteiger partial charge in [0.25, 0.3) is 5.91 Å². The molecule has 0 aliphatic heterocycles. The average molecular weight is 366 g/mol. The molecular formula is C19H14N2O2S2. The fraction of sp³-hybridized carbons (Fsp3) is 0.0526. The smallest absolute Gasteiger partial charge is 0.274 e. The molecule has 0 saturated carbocycles. The molecule has 3 heterocycles. The zero-order chi connectivity index (χ0) is 17.1. The largest absolute Gasteiger partial charge is 0.355 e. The van der Waals surface area contributed by atoms with E-state index in [2.05, 4.69) is 10.5 Å². The number of aromatic nitrogens is 1. The van der Waals surface area contributed by atoms with Gasteiger partial charge >= 0.3 is 0 Å². The molecule has 4 nitrogen and oxygen atoms in total. The predicted molar refractivity (Wildman–Crippen MR) is 99.9 cm³/mol. The molecule has 0 aliphatic carbocycles. The lowest BCUT2D eigenvalue weighted by Gasteiger charge is -2.17. The Hall–Kier alpha value is -2.70. The van der Waals surface area contributed by atoms with Crippen LogP contribution in [0.25, 0.3) is 10.6 Å². The van der Waals surface area contributed by atoms with Crippen molar-refractivity contribution in [2.45, 2.75) is 6.04 Å². The second-order valence-corrected chi connectivity index (χ2v) is 7.31. The lowest BCUT2D eigenvalue weighted by Crippen LogP contribution is -2.29. The van der Waals surface area contributed by atoms with Crippen molar-refractivity contribution in [2.75, 3.05) is 0 Å². The van der Waals surface area contributed by atoms with Gasteiger partial charge in [0.15, 0.2) is 11.5 Å². The lowest BCUT2D eigenvalue weighted by atomic mass is 10.1. The SMILES string of the molecule is O=C(NC(c1ccccc1)c1cccs1)c1cc(-c2cccs2)on1.